The van der Waals surface area contributed by atoms with Crippen LogP contribution in [0.3, 0.4) is 0 Å². The van der Waals surface area contributed by atoms with E-state index >= 15 is 0 Å². The lowest BCUT2D eigenvalue weighted by molar-refractivity contribution is 0.0884. The van der Waals surface area contributed by atoms with Gasteiger partial charge in [-0.1, -0.05) is 6.92 Å². The van der Waals surface area contributed by atoms with Crippen molar-refractivity contribution in [2.24, 2.45) is 5.92 Å². The number of carbonyl (C=O) groups is 1. The molecule has 1 fully saturated rings. The Morgan fingerprint density at radius 2 is 1.76 bits per heavy atom. The molecule has 1 heterocycles. The minimum absolute atomic E-state index is 0.126. The first-order valence-corrected chi connectivity index (χ1v) is 10.2. The van der Waals surface area contributed by atoms with E-state index < -0.39 is 0 Å². The highest BCUT2D eigenvalue weighted by atomic mass is 16.5. The number of carbonyl (C=O) groups excluding carboxylic acids is 1. The van der Waals surface area contributed by atoms with Gasteiger partial charge in [-0.2, -0.15) is 0 Å². The molecule has 3 rings (SSSR count). The summed E-state index contributed by atoms with van der Waals surface area (Å²) in [5.41, 5.74) is 3.54. The van der Waals surface area contributed by atoms with Crippen LogP contribution in [0.2, 0.25) is 0 Å². The second kappa shape index (κ2) is 8.35. The van der Waals surface area contributed by atoms with Gasteiger partial charge >= 0.3 is 0 Å². The van der Waals surface area contributed by atoms with Crippen LogP contribution in [0, 0.1) is 5.92 Å². The first kappa shape index (κ1) is 18.4. The van der Waals surface area contributed by atoms with E-state index in [0.717, 1.165) is 50.2 Å². The van der Waals surface area contributed by atoms with Crippen molar-refractivity contribution in [3.8, 4) is 5.75 Å². The summed E-state index contributed by atoms with van der Waals surface area (Å²) in [6, 6.07) is 4.08. The van der Waals surface area contributed by atoms with Crippen molar-refractivity contribution < 1.29 is 9.53 Å². The predicted molar refractivity (Wildman–Crippen MR) is 103 cm³/mol. The molecule has 0 saturated carbocycles. The first-order chi connectivity index (χ1) is 12.1. The van der Waals surface area contributed by atoms with Gasteiger partial charge in [-0.25, -0.2) is 0 Å². The largest absolute Gasteiger partial charge is 0.491 e. The van der Waals surface area contributed by atoms with E-state index in [1.54, 1.807) is 0 Å². The molecule has 1 saturated heterocycles. The van der Waals surface area contributed by atoms with Gasteiger partial charge in [-0.3, -0.25) is 4.79 Å². The Morgan fingerprint density at radius 3 is 2.40 bits per heavy atom. The maximum atomic E-state index is 13.3. The first-order valence-electron chi connectivity index (χ1n) is 10.2. The van der Waals surface area contributed by atoms with Gasteiger partial charge in [0, 0.05) is 18.0 Å². The Hall–Kier alpha value is -1.35. The number of Topliss-reactive ketones (excluding diaryl/α,β-unsaturated/α-hetero) is 1. The predicted octanol–water partition coefficient (Wildman–Crippen LogP) is 4.66. The maximum Gasteiger partial charge on any atom is 0.167 e. The van der Waals surface area contributed by atoms with Gasteiger partial charge in [-0.15, -0.1) is 0 Å². The Morgan fingerprint density at radius 1 is 1.08 bits per heavy atom. The van der Waals surface area contributed by atoms with Crippen LogP contribution in [0.25, 0.3) is 0 Å². The van der Waals surface area contributed by atoms with Crippen LogP contribution in [0.15, 0.2) is 12.1 Å². The van der Waals surface area contributed by atoms with Crippen molar-refractivity contribution >= 4 is 5.78 Å². The van der Waals surface area contributed by atoms with Gasteiger partial charge in [0.25, 0.3) is 0 Å². The van der Waals surface area contributed by atoms with Gasteiger partial charge in [0.2, 0.25) is 0 Å². The molecular weight excluding hydrogens is 310 g/mol. The summed E-state index contributed by atoms with van der Waals surface area (Å²) in [5, 5.41) is 0. The third-order valence-corrected chi connectivity index (χ3v) is 5.66. The van der Waals surface area contributed by atoms with Crippen LogP contribution in [-0.2, 0) is 12.8 Å². The minimum Gasteiger partial charge on any atom is -0.491 e. The van der Waals surface area contributed by atoms with Crippen LogP contribution in [0.5, 0.6) is 5.75 Å². The van der Waals surface area contributed by atoms with Crippen LogP contribution >= 0.6 is 0 Å². The van der Waals surface area contributed by atoms with Gasteiger partial charge in [0.1, 0.15) is 5.75 Å². The zero-order valence-corrected chi connectivity index (χ0v) is 16.1. The highest BCUT2D eigenvalue weighted by Gasteiger charge is 2.27. The summed E-state index contributed by atoms with van der Waals surface area (Å²) in [4.78, 5) is 15.8. The van der Waals surface area contributed by atoms with Crippen molar-refractivity contribution in [2.75, 3.05) is 19.6 Å². The third kappa shape index (κ3) is 4.25. The standard InChI is InChI=1S/C22H33NO2/c1-4-17(15-23-13-7-8-14-23)22(24)20-11-12-21(25-16(2)3)19-10-6-5-9-18(19)20/h11-12,16-17H,4-10,13-15H2,1-3H3. The molecule has 1 atom stereocenters. The van der Waals surface area contributed by atoms with E-state index in [0.29, 0.717) is 5.78 Å². The van der Waals surface area contributed by atoms with Crippen molar-refractivity contribution in [3.05, 3.63) is 28.8 Å². The van der Waals surface area contributed by atoms with Crippen molar-refractivity contribution in [1.29, 1.82) is 0 Å². The average molecular weight is 344 g/mol. The normalized spacial score (nSPS) is 19.0. The number of hydrogen-bond acceptors (Lipinski definition) is 3. The number of hydrogen-bond donors (Lipinski definition) is 0. The Labute approximate surface area is 152 Å². The van der Waals surface area contributed by atoms with E-state index in [1.807, 2.05) is 12.1 Å². The van der Waals surface area contributed by atoms with Crippen molar-refractivity contribution in [2.45, 2.75) is 71.8 Å². The Bertz CT molecular complexity index is 602. The molecule has 138 valence electrons. The molecule has 1 aromatic carbocycles. The van der Waals surface area contributed by atoms with E-state index in [-0.39, 0.29) is 12.0 Å². The van der Waals surface area contributed by atoms with E-state index in [4.69, 9.17) is 4.74 Å². The molecule has 1 unspecified atom stereocenters. The molecule has 0 N–H and O–H groups in total. The number of rotatable bonds is 7. The van der Waals surface area contributed by atoms with Gasteiger partial charge in [-0.05, 0) is 95.1 Å². The SMILES string of the molecule is CCC(CN1CCCC1)C(=O)c1ccc(OC(C)C)c2c1CCCC2. The topological polar surface area (TPSA) is 29.5 Å². The molecule has 3 nitrogen and oxygen atoms in total. The Balaban J connectivity index is 1.85. The number of benzene rings is 1. The second-order valence-corrected chi connectivity index (χ2v) is 7.92. The fraction of sp³-hybridized carbons (Fsp3) is 0.682. The van der Waals surface area contributed by atoms with Crippen LogP contribution < -0.4 is 4.74 Å². The van der Waals surface area contributed by atoms with E-state index in [2.05, 4.69) is 25.7 Å². The lowest BCUT2D eigenvalue weighted by atomic mass is 9.83. The summed E-state index contributed by atoms with van der Waals surface area (Å²) in [6.07, 6.45) is 8.10. The fourth-order valence-corrected chi connectivity index (χ4v) is 4.32. The van der Waals surface area contributed by atoms with E-state index in [1.165, 1.54) is 36.8 Å². The lowest BCUT2D eigenvalue weighted by Crippen LogP contribution is -2.31. The molecule has 1 aromatic rings. The van der Waals surface area contributed by atoms with Gasteiger partial charge in [0.05, 0.1) is 6.10 Å². The van der Waals surface area contributed by atoms with E-state index in [9.17, 15) is 4.79 Å². The third-order valence-electron chi connectivity index (χ3n) is 5.66. The lowest BCUT2D eigenvalue weighted by Gasteiger charge is -2.26. The van der Waals surface area contributed by atoms with Gasteiger partial charge in [0.15, 0.2) is 5.78 Å². The molecule has 25 heavy (non-hydrogen) atoms. The molecule has 0 bridgehead atoms. The Kier molecular flexibility index (Phi) is 6.16. The number of nitrogens with zero attached hydrogens (tertiary/aromatic N) is 1. The maximum absolute atomic E-state index is 13.3. The molecule has 1 aliphatic carbocycles. The molecule has 2 aliphatic rings. The van der Waals surface area contributed by atoms with Crippen LogP contribution in [0.1, 0.15) is 74.4 Å². The average Bonchev–Trinajstić information content (AvgIpc) is 3.12. The molecule has 0 radical (unpaired) electrons. The highest BCUT2D eigenvalue weighted by molar-refractivity contribution is 6.00. The number of likely N-dealkylation sites (tertiary alicyclic amines) is 1. The smallest absolute Gasteiger partial charge is 0.167 e. The molecule has 3 heteroatoms. The van der Waals surface area contributed by atoms with Crippen LogP contribution in [-0.4, -0.2) is 36.4 Å². The number of fused-ring (bicyclic) bond motifs is 1. The van der Waals surface area contributed by atoms with Crippen molar-refractivity contribution in [3.63, 3.8) is 0 Å². The van der Waals surface area contributed by atoms with Crippen molar-refractivity contribution in [1.82, 2.24) is 4.90 Å². The molecular formula is C22H33NO2. The molecule has 0 spiro atoms. The minimum atomic E-state index is 0.126. The molecule has 0 amide bonds. The summed E-state index contributed by atoms with van der Waals surface area (Å²) < 4.78 is 6.02. The zero-order valence-electron chi connectivity index (χ0n) is 16.1. The summed E-state index contributed by atoms with van der Waals surface area (Å²) in [5.74, 6) is 1.47. The molecule has 1 aliphatic heterocycles. The molecule has 0 aromatic heterocycles. The summed E-state index contributed by atoms with van der Waals surface area (Å²) in [7, 11) is 0. The van der Waals surface area contributed by atoms with Crippen LogP contribution in [0.4, 0.5) is 0 Å². The highest BCUT2D eigenvalue weighted by Crippen LogP contribution is 2.34. The fourth-order valence-electron chi connectivity index (χ4n) is 4.32. The monoisotopic (exact) mass is 343 g/mol. The quantitative estimate of drug-likeness (QED) is 0.675. The number of ketones is 1. The number of ether oxygens (including phenoxy) is 1. The zero-order chi connectivity index (χ0) is 17.8. The summed E-state index contributed by atoms with van der Waals surface area (Å²) >= 11 is 0. The van der Waals surface area contributed by atoms with Gasteiger partial charge < -0.3 is 9.64 Å². The second-order valence-electron chi connectivity index (χ2n) is 7.92. The summed E-state index contributed by atoms with van der Waals surface area (Å²) in [6.45, 7) is 9.52.